The van der Waals surface area contributed by atoms with Gasteiger partial charge in [-0.2, -0.15) is 8.78 Å². The molecule has 0 aromatic heterocycles. The molecule has 0 aliphatic rings. The molecule has 0 spiro atoms. The Morgan fingerprint density at radius 2 is 1.85 bits per heavy atom. The number of rotatable bonds is 10. The second-order valence-corrected chi connectivity index (χ2v) is 4.85. The zero-order valence-corrected chi connectivity index (χ0v) is 11.9. The van der Waals surface area contributed by atoms with Gasteiger partial charge in [-0.15, -0.1) is 0 Å². The van der Waals surface area contributed by atoms with Gasteiger partial charge in [-0.05, 0) is 18.6 Å². The molecule has 112 valence electrons. The number of unbranched alkanes of at least 4 members (excludes halogenated alkanes) is 5. The Hall–Kier alpha value is -1.45. The van der Waals surface area contributed by atoms with Crippen LogP contribution in [0.3, 0.4) is 0 Å². The molecule has 0 N–H and O–H groups in total. The molecule has 0 bridgehead atoms. The van der Waals surface area contributed by atoms with Crippen LogP contribution in [0.25, 0.3) is 0 Å². The number of alkyl halides is 2. The number of carbonyl (C=O) groups is 1. The van der Waals surface area contributed by atoms with Crippen LogP contribution in [0, 0.1) is 0 Å². The molecule has 0 saturated heterocycles. The largest absolute Gasteiger partial charge is 0.435 e. The third kappa shape index (κ3) is 6.64. The van der Waals surface area contributed by atoms with Gasteiger partial charge in [0.2, 0.25) is 0 Å². The first kappa shape index (κ1) is 16.6. The highest BCUT2D eigenvalue weighted by atomic mass is 19.3. The van der Waals surface area contributed by atoms with Gasteiger partial charge < -0.3 is 4.74 Å². The van der Waals surface area contributed by atoms with Crippen LogP contribution in [0.5, 0.6) is 5.75 Å². The lowest BCUT2D eigenvalue weighted by atomic mass is 10.0. The summed E-state index contributed by atoms with van der Waals surface area (Å²) in [6.45, 7) is -0.697. The Morgan fingerprint density at radius 3 is 2.55 bits per heavy atom. The van der Waals surface area contributed by atoms with Crippen molar-refractivity contribution in [2.45, 2.75) is 58.5 Å². The van der Waals surface area contributed by atoms with Gasteiger partial charge in [0.15, 0.2) is 5.78 Å². The summed E-state index contributed by atoms with van der Waals surface area (Å²) in [6, 6.07) is 6.00. The summed E-state index contributed by atoms with van der Waals surface area (Å²) in [5.41, 5.74) is 0.441. The van der Waals surface area contributed by atoms with E-state index >= 15 is 0 Å². The number of halogens is 2. The summed E-state index contributed by atoms with van der Waals surface area (Å²) in [6.07, 6.45) is 7.15. The number of carbonyl (C=O) groups excluding carboxylic acids is 1. The maximum Gasteiger partial charge on any atom is 0.387 e. The van der Waals surface area contributed by atoms with E-state index in [-0.39, 0.29) is 11.5 Å². The van der Waals surface area contributed by atoms with E-state index in [2.05, 4.69) is 11.7 Å². The van der Waals surface area contributed by atoms with Crippen molar-refractivity contribution in [3.63, 3.8) is 0 Å². The third-order valence-electron chi connectivity index (χ3n) is 3.14. The SMILES string of the molecule is CCCCCCCCC(=O)c1cccc(OC(F)F)c1. The Morgan fingerprint density at radius 1 is 1.15 bits per heavy atom. The van der Waals surface area contributed by atoms with Crippen LogP contribution in [-0.4, -0.2) is 12.4 Å². The number of hydrogen-bond donors (Lipinski definition) is 0. The highest BCUT2D eigenvalue weighted by Gasteiger charge is 2.09. The van der Waals surface area contributed by atoms with Gasteiger partial charge in [-0.1, -0.05) is 51.2 Å². The molecule has 4 heteroatoms. The van der Waals surface area contributed by atoms with Crippen molar-refractivity contribution in [2.75, 3.05) is 0 Å². The molecule has 1 aromatic rings. The van der Waals surface area contributed by atoms with E-state index in [0.29, 0.717) is 12.0 Å². The molecule has 1 rings (SSSR count). The third-order valence-corrected chi connectivity index (χ3v) is 3.14. The van der Waals surface area contributed by atoms with Crippen molar-refractivity contribution in [1.29, 1.82) is 0 Å². The molecular weight excluding hydrogens is 262 g/mol. The van der Waals surface area contributed by atoms with Crippen molar-refractivity contribution < 1.29 is 18.3 Å². The maximum absolute atomic E-state index is 12.1. The minimum Gasteiger partial charge on any atom is -0.435 e. The number of benzene rings is 1. The van der Waals surface area contributed by atoms with Crippen molar-refractivity contribution >= 4 is 5.78 Å². The Bertz CT molecular complexity index is 405. The molecule has 0 heterocycles. The van der Waals surface area contributed by atoms with Crippen molar-refractivity contribution in [3.05, 3.63) is 29.8 Å². The number of Topliss-reactive ketones (excluding diaryl/α,β-unsaturated/α-hetero) is 1. The van der Waals surface area contributed by atoms with E-state index in [1.165, 1.54) is 31.4 Å². The minimum absolute atomic E-state index is 0.0137. The van der Waals surface area contributed by atoms with Crippen molar-refractivity contribution in [2.24, 2.45) is 0 Å². The second kappa shape index (κ2) is 9.45. The Labute approximate surface area is 119 Å². The quantitative estimate of drug-likeness (QED) is 0.435. The zero-order chi connectivity index (χ0) is 14.8. The molecular formula is C16H22F2O2. The maximum atomic E-state index is 12.1. The van der Waals surface area contributed by atoms with Crippen molar-refractivity contribution in [3.8, 4) is 5.75 Å². The van der Waals surface area contributed by atoms with Gasteiger partial charge >= 0.3 is 6.61 Å². The number of ether oxygens (including phenoxy) is 1. The average molecular weight is 284 g/mol. The van der Waals surface area contributed by atoms with Gasteiger partial charge in [-0.3, -0.25) is 4.79 Å². The van der Waals surface area contributed by atoms with Gasteiger partial charge in [0.25, 0.3) is 0 Å². The summed E-state index contributed by atoms with van der Waals surface area (Å²) < 4.78 is 28.5. The van der Waals surface area contributed by atoms with Gasteiger partial charge in [0.1, 0.15) is 5.75 Å². The molecule has 0 fully saturated rings. The molecule has 0 atom stereocenters. The average Bonchev–Trinajstić information content (AvgIpc) is 2.42. The predicted octanol–water partition coefficient (Wildman–Crippen LogP) is 5.22. The molecule has 0 aliphatic heterocycles. The smallest absolute Gasteiger partial charge is 0.387 e. The molecule has 0 saturated carbocycles. The molecule has 2 nitrogen and oxygen atoms in total. The van der Waals surface area contributed by atoms with Gasteiger partial charge in [-0.25, -0.2) is 0 Å². The lowest BCUT2D eigenvalue weighted by Gasteiger charge is -2.06. The van der Waals surface area contributed by atoms with Crippen LogP contribution in [0.1, 0.15) is 62.2 Å². The normalized spacial score (nSPS) is 10.8. The number of ketones is 1. The first-order valence-corrected chi connectivity index (χ1v) is 7.21. The molecule has 0 amide bonds. The van der Waals surface area contributed by atoms with Crippen LogP contribution < -0.4 is 4.74 Å². The molecule has 0 aliphatic carbocycles. The van der Waals surface area contributed by atoms with E-state index in [9.17, 15) is 13.6 Å². The molecule has 0 radical (unpaired) electrons. The highest BCUT2D eigenvalue weighted by Crippen LogP contribution is 2.18. The van der Waals surface area contributed by atoms with E-state index < -0.39 is 6.61 Å². The lowest BCUT2D eigenvalue weighted by Crippen LogP contribution is -2.04. The topological polar surface area (TPSA) is 26.3 Å². The standard InChI is InChI=1S/C16H22F2O2/c1-2-3-4-5-6-7-11-15(19)13-9-8-10-14(12-13)20-16(17)18/h8-10,12,16H,2-7,11H2,1H3. The number of hydrogen-bond acceptors (Lipinski definition) is 2. The summed E-state index contributed by atoms with van der Waals surface area (Å²) in [4.78, 5) is 11.9. The fraction of sp³-hybridized carbons (Fsp3) is 0.562. The van der Waals surface area contributed by atoms with Gasteiger partial charge in [0.05, 0.1) is 0 Å². The second-order valence-electron chi connectivity index (χ2n) is 4.85. The Balaban J connectivity index is 2.35. The molecule has 1 aromatic carbocycles. The fourth-order valence-electron chi connectivity index (χ4n) is 2.06. The van der Waals surface area contributed by atoms with E-state index in [0.717, 1.165) is 19.3 Å². The van der Waals surface area contributed by atoms with Crippen LogP contribution in [0.15, 0.2) is 24.3 Å². The zero-order valence-electron chi connectivity index (χ0n) is 11.9. The van der Waals surface area contributed by atoms with Crippen LogP contribution in [0.2, 0.25) is 0 Å². The Kier molecular flexibility index (Phi) is 7.85. The van der Waals surface area contributed by atoms with E-state index in [1.807, 2.05) is 0 Å². The molecule has 20 heavy (non-hydrogen) atoms. The van der Waals surface area contributed by atoms with Crippen LogP contribution in [-0.2, 0) is 0 Å². The summed E-state index contributed by atoms with van der Waals surface area (Å²) in [5.74, 6) is 0.0222. The first-order valence-electron chi connectivity index (χ1n) is 7.21. The van der Waals surface area contributed by atoms with Crippen molar-refractivity contribution in [1.82, 2.24) is 0 Å². The first-order chi connectivity index (χ1) is 9.63. The summed E-state index contributed by atoms with van der Waals surface area (Å²) in [5, 5.41) is 0. The fourth-order valence-corrected chi connectivity index (χ4v) is 2.06. The highest BCUT2D eigenvalue weighted by molar-refractivity contribution is 5.96. The van der Waals surface area contributed by atoms with Crippen LogP contribution >= 0.6 is 0 Å². The van der Waals surface area contributed by atoms with E-state index in [4.69, 9.17) is 0 Å². The lowest BCUT2D eigenvalue weighted by molar-refractivity contribution is -0.0498. The van der Waals surface area contributed by atoms with E-state index in [1.54, 1.807) is 12.1 Å². The van der Waals surface area contributed by atoms with Gasteiger partial charge in [0, 0.05) is 12.0 Å². The molecule has 0 unspecified atom stereocenters. The van der Waals surface area contributed by atoms with Crippen LogP contribution in [0.4, 0.5) is 8.78 Å². The monoisotopic (exact) mass is 284 g/mol. The summed E-state index contributed by atoms with van der Waals surface area (Å²) >= 11 is 0. The minimum atomic E-state index is -2.86. The summed E-state index contributed by atoms with van der Waals surface area (Å²) in [7, 11) is 0. The predicted molar refractivity (Wildman–Crippen MR) is 75.4 cm³/mol.